The minimum absolute atomic E-state index is 0.267. The van der Waals surface area contributed by atoms with Gasteiger partial charge in [-0.05, 0) is 25.1 Å². The van der Waals surface area contributed by atoms with Crippen molar-refractivity contribution in [2.45, 2.75) is 17.8 Å². The number of aryl methyl sites for hydroxylation is 1. The molecule has 0 spiro atoms. The number of nitrogen functional groups attached to an aromatic ring is 1. The SMILES string of the molecule is Cc1ccc(-c2nnc(SCc3csc(-c4ccc5c(c4)OCO5)n3)n2N)cc1. The molecule has 0 amide bonds. The van der Waals surface area contributed by atoms with Crippen molar-refractivity contribution in [1.82, 2.24) is 19.9 Å². The first-order valence-electron chi connectivity index (χ1n) is 8.92. The van der Waals surface area contributed by atoms with Gasteiger partial charge in [0, 0.05) is 22.3 Å². The van der Waals surface area contributed by atoms with Crippen LogP contribution in [0.15, 0.2) is 53.0 Å². The summed E-state index contributed by atoms with van der Waals surface area (Å²) < 4.78 is 12.3. The van der Waals surface area contributed by atoms with Crippen LogP contribution in [0.5, 0.6) is 11.5 Å². The number of nitrogens with two attached hydrogens (primary N) is 1. The average Bonchev–Trinajstić information content (AvgIpc) is 3.46. The first-order chi connectivity index (χ1) is 14.2. The number of aromatic nitrogens is 4. The Morgan fingerprint density at radius 2 is 1.86 bits per heavy atom. The summed E-state index contributed by atoms with van der Waals surface area (Å²) in [6.45, 7) is 2.31. The minimum atomic E-state index is 0.267. The number of rotatable bonds is 5. The van der Waals surface area contributed by atoms with Crippen molar-refractivity contribution in [2.24, 2.45) is 0 Å². The van der Waals surface area contributed by atoms with E-state index in [2.05, 4.69) is 10.2 Å². The van der Waals surface area contributed by atoms with Crippen molar-refractivity contribution in [3.63, 3.8) is 0 Å². The Kier molecular flexibility index (Phi) is 4.61. The molecule has 0 aliphatic carbocycles. The van der Waals surface area contributed by atoms with Crippen LogP contribution in [0.4, 0.5) is 0 Å². The zero-order chi connectivity index (χ0) is 19.8. The summed E-state index contributed by atoms with van der Waals surface area (Å²) >= 11 is 3.11. The normalized spacial score (nSPS) is 12.4. The van der Waals surface area contributed by atoms with Crippen molar-refractivity contribution >= 4 is 23.1 Å². The van der Waals surface area contributed by atoms with Gasteiger partial charge in [-0.15, -0.1) is 21.5 Å². The molecular formula is C20H17N5O2S2. The van der Waals surface area contributed by atoms with Gasteiger partial charge in [-0.2, -0.15) is 0 Å². The van der Waals surface area contributed by atoms with Gasteiger partial charge in [-0.3, -0.25) is 0 Å². The van der Waals surface area contributed by atoms with E-state index in [1.54, 1.807) is 11.3 Å². The second-order valence-electron chi connectivity index (χ2n) is 6.54. The van der Waals surface area contributed by atoms with Gasteiger partial charge in [-0.25, -0.2) is 9.66 Å². The summed E-state index contributed by atoms with van der Waals surface area (Å²) in [5.41, 5.74) is 4.11. The van der Waals surface area contributed by atoms with Crippen LogP contribution in [0.3, 0.4) is 0 Å². The van der Waals surface area contributed by atoms with Crippen LogP contribution in [0, 0.1) is 6.92 Å². The standard InChI is InChI=1S/C20H17N5O2S2/c1-12-2-4-13(5-3-12)18-23-24-20(25(18)21)29-10-15-9-28-19(22-15)14-6-7-16-17(8-14)27-11-26-16/h2-9H,10-11,21H2,1H3. The summed E-state index contributed by atoms with van der Waals surface area (Å²) in [5, 5.41) is 12.1. The number of nitrogens with zero attached hydrogens (tertiary/aromatic N) is 4. The Bertz CT molecular complexity index is 1170. The van der Waals surface area contributed by atoms with E-state index in [0.717, 1.165) is 33.3 Å². The molecule has 146 valence electrons. The van der Waals surface area contributed by atoms with Crippen molar-refractivity contribution in [3.8, 4) is 33.5 Å². The molecule has 0 unspecified atom stereocenters. The Morgan fingerprint density at radius 1 is 1.07 bits per heavy atom. The molecule has 1 aliphatic rings. The Morgan fingerprint density at radius 3 is 2.72 bits per heavy atom. The fourth-order valence-electron chi connectivity index (χ4n) is 2.95. The molecule has 2 aromatic carbocycles. The largest absolute Gasteiger partial charge is 0.454 e. The maximum Gasteiger partial charge on any atom is 0.231 e. The molecule has 29 heavy (non-hydrogen) atoms. The number of benzene rings is 2. The van der Waals surface area contributed by atoms with E-state index >= 15 is 0 Å². The molecule has 0 atom stereocenters. The maximum absolute atomic E-state index is 6.21. The van der Waals surface area contributed by atoms with Gasteiger partial charge in [0.05, 0.1) is 5.69 Å². The Hall–Kier alpha value is -3.04. The molecule has 0 fully saturated rings. The number of fused-ring (bicyclic) bond motifs is 1. The van der Waals surface area contributed by atoms with Crippen molar-refractivity contribution < 1.29 is 9.47 Å². The number of hydrogen-bond donors (Lipinski definition) is 1. The van der Waals surface area contributed by atoms with Crippen LogP contribution in [-0.4, -0.2) is 26.7 Å². The first-order valence-corrected chi connectivity index (χ1v) is 10.8. The monoisotopic (exact) mass is 423 g/mol. The number of thioether (sulfide) groups is 1. The third-order valence-corrected chi connectivity index (χ3v) is 6.41. The van der Waals surface area contributed by atoms with Crippen molar-refractivity contribution in [2.75, 3.05) is 12.6 Å². The molecule has 1 aliphatic heterocycles. The van der Waals surface area contributed by atoms with E-state index in [1.165, 1.54) is 22.0 Å². The van der Waals surface area contributed by atoms with Gasteiger partial charge in [0.2, 0.25) is 11.9 Å². The Balaban J connectivity index is 1.30. The third-order valence-electron chi connectivity index (χ3n) is 4.49. The highest BCUT2D eigenvalue weighted by atomic mass is 32.2. The molecule has 4 aromatic rings. The lowest BCUT2D eigenvalue weighted by molar-refractivity contribution is 0.174. The highest BCUT2D eigenvalue weighted by molar-refractivity contribution is 7.98. The molecular weight excluding hydrogens is 406 g/mol. The summed E-state index contributed by atoms with van der Waals surface area (Å²) in [6.07, 6.45) is 0. The van der Waals surface area contributed by atoms with Gasteiger partial charge in [0.15, 0.2) is 17.3 Å². The highest BCUT2D eigenvalue weighted by Crippen LogP contribution is 2.37. The smallest absolute Gasteiger partial charge is 0.231 e. The lowest BCUT2D eigenvalue weighted by Gasteiger charge is -2.03. The van der Waals surface area contributed by atoms with E-state index in [1.807, 2.05) is 54.8 Å². The van der Waals surface area contributed by atoms with E-state index < -0.39 is 0 Å². The first kappa shape index (κ1) is 18.0. The zero-order valence-electron chi connectivity index (χ0n) is 15.5. The topological polar surface area (TPSA) is 88.1 Å². The summed E-state index contributed by atoms with van der Waals surface area (Å²) in [7, 11) is 0. The van der Waals surface area contributed by atoms with Gasteiger partial charge in [0.1, 0.15) is 5.01 Å². The molecule has 3 heterocycles. The van der Waals surface area contributed by atoms with Crippen LogP contribution in [-0.2, 0) is 5.75 Å². The second kappa shape index (κ2) is 7.41. The summed E-state index contributed by atoms with van der Waals surface area (Å²) in [5.74, 6) is 9.04. The lowest BCUT2D eigenvalue weighted by Crippen LogP contribution is -2.11. The molecule has 5 rings (SSSR count). The van der Waals surface area contributed by atoms with Gasteiger partial charge >= 0.3 is 0 Å². The quantitative estimate of drug-likeness (QED) is 0.382. The molecule has 2 aromatic heterocycles. The summed E-state index contributed by atoms with van der Waals surface area (Å²) in [6, 6.07) is 13.9. The molecule has 2 N–H and O–H groups in total. The van der Waals surface area contributed by atoms with Crippen molar-refractivity contribution in [3.05, 3.63) is 59.1 Å². The predicted molar refractivity (Wildman–Crippen MR) is 114 cm³/mol. The fourth-order valence-corrected chi connectivity index (χ4v) is 4.62. The number of hydrogen-bond acceptors (Lipinski definition) is 8. The number of ether oxygens (including phenoxy) is 2. The van der Waals surface area contributed by atoms with Crippen LogP contribution >= 0.6 is 23.1 Å². The van der Waals surface area contributed by atoms with E-state index in [-0.39, 0.29) is 6.79 Å². The highest BCUT2D eigenvalue weighted by Gasteiger charge is 2.16. The molecule has 0 bridgehead atoms. The van der Waals surface area contributed by atoms with E-state index in [0.29, 0.717) is 16.7 Å². The number of thiazole rings is 1. The third kappa shape index (κ3) is 3.54. The molecule has 0 radical (unpaired) electrons. The molecule has 0 saturated carbocycles. The van der Waals surface area contributed by atoms with Gasteiger partial charge in [-0.1, -0.05) is 41.6 Å². The average molecular weight is 424 g/mol. The van der Waals surface area contributed by atoms with Crippen LogP contribution in [0.25, 0.3) is 22.0 Å². The molecule has 7 nitrogen and oxygen atoms in total. The van der Waals surface area contributed by atoms with Crippen LogP contribution in [0.2, 0.25) is 0 Å². The van der Waals surface area contributed by atoms with Gasteiger partial charge < -0.3 is 15.3 Å². The zero-order valence-corrected chi connectivity index (χ0v) is 17.2. The lowest BCUT2D eigenvalue weighted by atomic mass is 10.1. The minimum Gasteiger partial charge on any atom is -0.454 e. The van der Waals surface area contributed by atoms with E-state index in [9.17, 15) is 0 Å². The second-order valence-corrected chi connectivity index (χ2v) is 8.34. The maximum atomic E-state index is 6.21. The molecule has 9 heteroatoms. The van der Waals surface area contributed by atoms with Gasteiger partial charge in [0.25, 0.3) is 0 Å². The van der Waals surface area contributed by atoms with Crippen LogP contribution in [0.1, 0.15) is 11.3 Å². The summed E-state index contributed by atoms with van der Waals surface area (Å²) in [4.78, 5) is 4.73. The fraction of sp³-hybridized carbons (Fsp3) is 0.150. The van der Waals surface area contributed by atoms with Crippen LogP contribution < -0.4 is 15.3 Å². The van der Waals surface area contributed by atoms with Crippen molar-refractivity contribution in [1.29, 1.82) is 0 Å². The predicted octanol–water partition coefficient (Wildman–Crippen LogP) is 4.11. The molecule has 0 saturated heterocycles. The Labute approximate surface area is 175 Å². The van der Waals surface area contributed by atoms with E-state index in [4.69, 9.17) is 20.3 Å².